The quantitative estimate of drug-likeness (QED) is 0.640. The van der Waals surface area contributed by atoms with Gasteiger partial charge in [0, 0.05) is 37.7 Å². The third-order valence-electron chi connectivity index (χ3n) is 6.60. The van der Waals surface area contributed by atoms with Gasteiger partial charge < -0.3 is 14.2 Å². The SMILES string of the molecule is CCc1ccccc1N1CC(C(=O)N2CCC(c3nc4ccccc4o3)CC2)CC1=O. The number of aromatic nitrogens is 1. The fourth-order valence-electron chi connectivity index (χ4n) is 4.85. The average molecular weight is 418 g/mol. The number of oxazole rings is 1. The van der Waals surface area contributed by atoms with E-state index in [4.69, 9.17) is 4.42 Å². The molecule has 1 atom stereocenters. The number of carbonyl (C=O) groups is 2. The fourth-order valence-corrected chi connectivity index (χ4v) is 4.85. The number of hydrogen-bond donors (Lipinski definition) is 0. The molecule has 2 amide bonds. The number of aryl methyl sites for hydroxylation is 1. The number of fused-ring (bicyclic) bond motifs is 1. The van der Waals surface area contributed by atoms with E-state index in [1.54, 1.807) is 4.90 Å². The monoisotopic (exact) mass is 417 g/mol. The Morgan fingerprint density at radius 3 is 2.61 bits per heavy atom. The van der Waals surface area contributed by atoms with Crippen molar-refractivity contribution in [3.05, 3.63) is 60.0 Å². The molecular formula is C25H27N3O3. The molecule has 2 aliphatic rings. The molecule has 1 aromatic heterocycles. The largest absolute Gasteiger partial charge is 0.440 e. The third kappa shape index (κ3) is 3.71. The molecule has 6 heteroatoms. The highest BCUT2D eigenvalue weighted by molar-refractivity contribution is 6.00. The van der Waals surface area contributed by atoms with Gasteiger partial charge in [-0.3, -0.25) is 9.59 Å². The van der Waals surface area contributed by atoms with Crippen LogP contribution in [-0.2, 0) is 16.0 Å². The van der Waals surface area contributed by atoms with Gasteiger partial charge in [-0.05, 0) is 43.0 Å². The first-order valence-electron chi connectivity index (χ1n) is 11.2. The Morgan fingerprint density at radius 2 is 1.84 bits per heavy atom. The lowest BCUT2D eigenvalue weighted by atomic mass is 9.95. The van der Waals surface area contributed by atoms with Crippen molar-refractivity contribution in [1.82, 2.24) is 9.88 Å². The summed E-state index contributed by atoms with van der Waals surface area (Å²) in [7, 11) is 0. The van der Waals surface area contributed by atoms with Crippen LogP contribution in [0.1, 0.15) is 43.6 Å². The van der Waals surface area contributed by atoms with E-state index in [9.17, 15) is 9.59 Å². The van der Waals surface area contributed by atoms with Crippen molar-refractivity contribution in [2.45, 2.75) is 38.5 Å². The van der Waals surface area contributed by atoms with Crippen LogP contribution in [0.5, 0.6) is 0 Å². The first-order valence-corrected chi connectivity index (χ1v) is 11.2. The summed E-state index contributed by atoms with van der Waals surface area (Å²) in [4.78, 5) is 34.2. The number of piperidine rings is 1. The molecule has 31 heavy (non-hydrogen) atoms. The zero-order valence-corrected chi connectivity index (χ0v) is 17.8. The van der Waals surface area contributed by atoms with Gasteiger partial charge in [0.2, 0.25) is 11.8 Å². The van der Waals surface area contributed by atoms with Crippen molar-refractivity contribution < 1.29 is 14.0 Å². The molecule has 2 aliphatic heterocycles. The van der Waals surface area contributed by atoms with Crippen molar-refractivity contribution in [3.63, 3.8) is 0 Å². The Balaban J connectivity index is 1.23. The van der Waals surface area contributed by atoms with Gasteiger partial charge in [-0.15, -0.1) is 0 Å². The number of rotatable bonds is 4. The Morgan fingerprint density at radius 1 is 1.10 bits per heavy atom. The predicted octanol–water partition coefficient (Wildman–Crippen LogP) is 4.15. The minimum absolute atomic E-state index is 0.0422. The number of amides is 2. The molecule has 3 aromatic rings. The van der Waals surface area contributed by atoms with E-state index in [0.717, 1.165) is 47.5 Å². The molecule has 3 heterocycles. The van der Waals surface area contributed by atoms with Gasteiger partial charge in [-0.1, -0.05) is 37.3 Å². The van der Waals surface area contributed by atoms with Crippen LogP contribution in [0.3, 0.4) is 0 Å². The van der Waals surface area contributed by atoms with Gasteiger partial charge in [-0.25, -0.2) is 4.98 Å². The molecule has 0 saturated carbocycles. The summed E-state index contributed by atoms with van der Waals surface area (Å²) >= 11 is 0. The highest BCUT2D eigenvalue weighted by atomic mass is 16.3. The zero-order chi connectivity index (χ0) is 21.4. The fraction of sp³-hybridized carbons (Fsp3) is 0.400. The molecule has 2 fully saturated rings. The first kappa shape index (κ1) is 19.8. The van der Waals surface area contributed by atoms with Crippen molar-refractivity contribution >= 4 is 28.6 Å². The predicted molar refractivity (Wildman–Crippen MR) is 119 cm³/mol. The number of carbonyl (C=O) groups excluding carboxylic acids is 2. The Hall–Kier alpha value is -3.15. The molecule has 0 N–H and O–H groups in total. The maximum atomic E-state index is 13.2. The number of benzene rings is 2. The number of hydrogen-bond acceptors (Lipinski definition) is 4. The number of likely N-dealkylation sites (tertiary alicyclic amines) is 1. The lowest BCUT2D eigenvalue weighted by molar-refractivity contribution is -0.136. The highest BCUT2D eigenvalue weighted by Crippen LogP contribution is 2.33. The Kier molecular flexibility index (Phi) is 5.22. The summed E-state index contributed by atoms with van der Waals surface area (Å²) in [6.07, 6.45) is 2.83. The van der Waals surface area contributed by atoms with E-state index in [-0.39, 0.29) is 23.7 Å². The smallest absolute Gasteiger partial charge is 0.228 e. The van der Waals surface area contributed by atoms with Crippen LogP contribution in [0.2, 0.25) is 0 Å². The van der Waals surface area contributed by atoms with Crippen molar-refractivity contribution in [2.24, 2.45) is 5.92 Å². The minimum atomic E-state index is -0.265. The van der Waals surface area contributed by atoms with Crippen LogP contribution >= 0.6 is 0 Å². The van der Waals surface area contributed by atoms with Gasteiger partial charge in [0.1, 0.15) is 5.52 Å². The molecule has 0 bridgehead atoms. The van der Waals surface area contributed by atoms with Crippen LogP contribution < -0.4 is 4.90 Å². The number of nitrogens with zero attached hydrogens (tertiary/aromatic N) is 3. The molecule has 6 nitrogen and oxygen atoms in total. The molecule has 0 spiro atoms. The first-order chi connectivity index (χ1) is 15.1. The van der Waals surface area contributed by atoms with E-state index in [1.165, 1.54) is 0 Å². The zero-order valence-electron chi connectivity index (χ0n) is 17.8. The van der Waals surface area contributed by atoms with Crippen molar-refractivity contribution in [3.8, 4) is 0 Å². The molecule has 2 aromatic carbocycles. The lowest BCUT2D eigenvalue weighted by Crippen LogP contribution is -2.42. The number of para-hydroxylation sites is 3. The second kappa shape index (κ2) is 8.17. The van der Waals surface area contributed by atoms with Crippen LogP contribution in [0.25, 0.3) is 11.1 Å². The molecule has 160 valence electrons. The third-order valence-corrected chi connectivity index (χ3v) is 6.60. The summed E-state index contributed by atoms with van der Waals surface area (Å²) in [6.45, 7) is 3.92. The maximum absolute atomic E-state index is 13.2. The van der Waals surface area contributed by atoms with Crippen molar-refractivity contribution in [2.75, 3.05) is 24.5 Å². The Labute approximate surface area is 181 Å². The van der Waals surface area contributed by atoms with Crippen LogP contribution in [-0.4, -0.2) is 41.3 Å². The van der Waals surface area contributed by atoms with Crippen LogP contribution in [0.4, 0.5) is 5.69 Å². The summed E-state index contributed by atoms with van der Waals surface area (Å²) in [6, 6.07) is 15.8. The van der Waals surface area contributed by atoms with E-state index in [1.807, 2.05) is 47.4 Å². The van der Waals surface area contributed by atoms with E-state index in [2.05, 4.69) is 18.0 Å². The molecule has 5 rings (SSSR count). The van der Waals surface area contributed by atoms with Gasteiger partial charge in [-0.2, -0.15) is 0 Å². The van der Waals surface area contributed by atoms with Crippen LogP contribution in [0.15, 0.2) is 52.9 Å². The second-order valence-corrected chi connectivity index (χ2v) is 8.51. The summed E-state index contributed by atoms with van der Waals surface area (Å²) < 4.78 is 5.94. The van der Waals surface area contributed by atoms with Crippen molar-refractivity contribution in [1.29, 1.82) is 0 Å². The van der Waals surface area contributed by atoms with Gasteiger partial charge in [0.05, 0.1) is 5.92 Å². The highest BCUT2D eigenvalue weighted by Gasteiger charge is 2.39. The molecule has 0 aliphatic carbocycles. The Bertz CT molecular complexity index is 1080. The van der Waals surface area contributed by atoms with Crippen LogP contribution in [0, 0.1) is 5.92 Å². The van der Waals surface area contributed by atoms with E-state index >= 15 is 0 Å². The average Bonchev–Trinajstić information content (AvgIpc) is 3.42. The number of anilines is 1. The molecule has 2 saturated heterocycles. The minimum Gasteiger partial charge on any atom is -0.440 e. The lowest BCUT2D eigenvalue weighted by Gasteiger charge is -2.32. The summed E-state index contributed by atoms with van der Waals surface area (Å²) in [5.74, 6) is 0.876. The summed E-state index contributed by atoms with van der Waals surface area (Å²) in [5, 5.41) is 0. The molecule has 0 radical (unpaired) electrons. The topological polar surface area (TPSA) is 66.7 Å². The normalized spacial score (nSPS) is 20.0. The van der Waals surface area contributed by atoms with Gasteiger partial charge in [0.25, 0.3) is 0 Å². The maximum Gasteiger partial charge on any atom is 0.228 e. The molecule has 1 unspecified atom stereocenters. The molecular weight excluding hydrogens is 390 g/mol. The standard InChI is InChI=1S/C25H27N3O3/c1-2-17-7-3-5-9-21(17)28-16-19(15-23(28)29)25(30)27-13-11-18(12-14-27)24-26-20-8-4-6-10-22(20)31-24/h3-10,18-19H,2,11-16H2,1H3. The second-order valence-electron chi connectivity index (χ2n) is 8.51. The van der Waals surface area contributed by atoms with E-state index in [0.29, 0.717) is 26.1 Å². The van der Waals surface area contributed by atoms with E-state index < -0.39 is 0 Å². The van der Waals surface area contributed by atoms with Gasteiger partial charge in [0.15, 0.2) is 11.5 Å². The summed E-state index contributed by atoms with van der Waals surface area (Å²) in [5.41, 5.74) is 3.78. The van der Waals surface area contributed by atoms with Gasteiger partial charge >= 0.3 is 0 Å².